The van der Waals surface area contributed by atoms with Gasteiger partial charge in [0.2, 0.25) is 0 Å². The third-order valence-corrected chi connectivity index (χ3v) is 22.5. The standard InChI is InChI=1S/C71H90O18/c1-38-28-33-71(76-36-38)39(2)52-50(86-71)35-49-47-27-26-45-34-46(29-31-69(45,9)48(47)30-32-70(49,52)10)79-64-58(55-51(37-75-64)85-67(5,6)87-55)84-66-60-57(88-68(7,8)89-60)54(41(4)78-66)83-65-59(82-63(74)44-24-18-13-19-25-44)56(81-62(73)43-22-16-12-17-23-43)53(40(3)77-65)80-61(72)42-20-14-11-15-21-42/h11-26,38-41,46-60,64-66H,27-37H2,1-10H3/t38-,39+,40+,41+,46+,47-,48+,49+,50+,51+,52+,53+,54+,55+,56-,57-,58-,59-,60-,64+,65+,66+,69+,70+,71-/m1/s1. The molecule has 7 heterocycles. The van der Waals surface area contributed by atoms with Crippen molar-refractivity contribution in [3.63, 3.8) is 0 Å². The Balaban J connectivity index is 0.702. The average Bonchev–Trinajstić information content (AvgIpc) is 1.59. The van der Waals surface area contributed by atoms with Crippen LogP contribution in [0.2, 0.25) is 0 Å². The van der Waals surface area contributed by atoms with Gasteiger partial charge in [0.05, 0.1) is 54.3 Å². The quantitative estimate of drug-likeness (QED) is 0.0944. The van der Waals surface area contributed by atoms with Crippen LogP contribution in [0.1, 0.15) is 158 Å². The van der Waals surface area contributed by atoms with Gasteiger partial charge in [0.15, 0.2) is 54.5 Å². The number of hydrogen-bond acceptors (Lipinski definition) is 18. The van der Waals surface area contributed by atoms with Crippen LogP contribution in [-0.4, -0.2) is 147 Å². The van der Waals surface area contributed by atoms with E-state index in [1.54, 1.807) is 112 Å². The molecule has 89 heavy (non-hydrogen) atoms. The summed E-state index contributed by atoms with van der Waals surface area (Å²) in [5.41, 5.74) is 2.48. The number of fused-ring (bicyclic) bond motifs is 9. The number of benzene rings is 3. The number of rotatable bonds is 12. The fraction of sp³-hybridized carbons (Fsp3) is 0.676. The summed E-state index contributed by atoms with van der Waals surface area (Å²) in [5, 5.41) is 0. The Bertz CT molecular complexity index is 3080. The van der Waals surface area contributed by atoms with Crippen molar-refractivity contribution < 1.29 is 85.4 Å². The molecule has 0 bridgehead atoms. The van der Waals surface area contributed by atoms with Gasteiger partial charge >= 0.3 is 17.9 Å². The van der Waals surface area contributed by atoms with Gasteiger partial charge in [-0.05, 0) is 170 Å². The molecule has 3 saturated carbocycles. The smallest absolute Gasteiger partial charge is 0.338 e. The van der Waals surface area contributed by atoms with E-state index in [0.29, 0.717) is 35.5 Å². The van der Waals surface area contributed by atoms with Crippen LogP contribution in [0.3, 0.4) is 0 Å². The predicted molar refractivity (Wildman–Crippen MR) is 319 cm³/mol. The van der Waals surface area contributed by atoms with Crippen molar-refractivity contribution in [3.05, 3.63) is 119 Å². The molecule has 0 unspecified atom stereocenters. The number of hydrogen-bond donors (Lipinski definition) is 0. The van der Waals surface area contributed by atoms with E-state index in [2.05, 4.69) is 33.8 Å². The van der Waals surface area contributed by atoms with E-state index in [-0.39, 0.29) is 46.3 Å². The van der Waals surface area contributed by atoms with Crippen molar-refractivity contribution >= 4 is 17.9 Å². The van der Waals surface area contributed by atoms with Crippen molar-refractivity contribution in [2.45, 2.75) is 243 Å². The Morgan fingerprint density at radius 1 is 0.517 bits per heavy atom. The van der Waals surface area contributed by atoms with Gasteiger partial charge in [0, 0.05) is 12.3 Å². The Hall–Kier alpha value is -4.67. The molecule has 0 amide bonds. The molecule has 0 aromatic heterocycles. The highest BCUT2D eigenvalue weighted by Crippen LogP contribution is 2.71. The molecule has 3 aromatic rings. The topological polar surface area (TPSA) is 190 Å². The predicted octanol–water partition coefficient (Wildman–Crippen LogP) is 11.1. The highest BCUT2D eigenvalue weighted by molar-refractivity contribution is 5.91. The molecule has 0 N–H and O–H groups in total. The van der Waals surface area contributed by atoms with Crippen molar-refractivity contribution in [2.24, 2.45) is 46.3 Å². The Labute approximate surface area is 522 Å². The summed E-state index contributed by atoms with van der Waals surface area (Å²) in [6.45, 7) is 21.8. The molecule has 482 valence electrons. The largest absolute Gasteiger partial charge is 0.452 e. The third-order valence-electron chi connectivity index (χ3n) is 22.5. The van der Waals surface area contributed by atoms with Crippen LogP contribution in [0, 0.1) is 46.3 Å². The molecule has 7 aliphatic heterocycles. The molecule has 0 radical (unpaired) electrons. The Kier molecular flexibility index (Phi) is 16.5. The van der Waals surface area contributed by atoms with Gasteiger partial charge in [-0.3, -0.25) is 0 Å². The zero-order chi connectivity index (χ0) is 61.9. The van der Waals surface area contributed by atoms with E-state index in [0.717, 1.165) is 45.1 Å². The lowest BCUT2D eigenvalue weighted by Crippen LogP contribution is -2.65. The van der Waals surface area contributed by atoms with Crippen LogP contribution < -0.4 is 0 Å². The SMILES string of the molecule is C[C@@H]1CC[C@@]2(OC1)O[C@H]1C[C@H]3[C@@H]4CC=C5C[C@@H](O[C@@H]6OC[C@@H]7OC(C)(C)O[C@@H]7[C@H]6O[C@@H]6O[C@@H](C)[C@H](O[C@@H]7O[C@@H](C)[C@H](OC(=O)c8ccccc8)[C@@H](OC(=O)c8ccccc8)[C@H]7OC(=O)c7ccccc7)[C@H]7OC(C)(C)O[C@@H]67)CC[C@]5(C)[C@H]4CC[C@]3(C)[C@H]1[C@@H]2C. The summed E-state index contributed by atoms with van der Waals surface area (Å²) in [6.07, 6.45) is -1.89. The molecular formula is C71H90O18. The molecule has 14 rings (SSSR count). The summed E-state index contributed by atoms with van der Waals surface area (Å²) < 4.78 is 101. The second-order valence-electron chi connectivity index (χ2n) is 29.0. The molecule has 4 aliphatic carbocycles. The van der Waals surface area contributed by atoms with Crippen molar-refractivity contribution in [1.82, 2.24) is 0 Å². The molecule has 18 heteroatoms. The molecular weight excluding hydrogens is 1140 g/mol. The number of esters is 3. The highest BCUT2D eigenvalue weighted by Gasteiger charge is 2.69. The summed E-state index contributed by atoms with van der Waals surface area (Å²) in [4.78, 5) is 42.3. The lowest BCUT2D eigenvalue weighted by molar-refractivity contribution is -0.362. The van der Waals surface area contributed by atoms with E-state index in [4.69, 9.17) is 71.1 Å². The van der Waals surface area contributed by atoms with Crippen LogP contribution in [0.25, 0.3) is 0 Å². The maximum absolute atomic E-state index is 14.3. The molecule has 7 saturated heterocycles. The first-order valence-corrected chi connectivity index (χ1v) is 33.0. The summed E-state index contributed by atoms with van der Waals surface area (Å²) in [6, 6.07) is 25.2. The van der Waals surface area contributed by atoms with Gasteiger partial charge in [-0.2, -0.15) is 0 Å². The minimum absolute atomic E-state index is 0.0694. The van der Waals surface area contributed by atoms with Crippen molar-refractivity contribution in [2.75, 3.05) is 13.2 Å². The first kappa shape index (κ1) is 61.8. The van der Waals surface area contributed by atoms with Gasteiger partial charge < -0.3 is 71.1 Å². The van der Waals surface area contributed by atoms with Gasteiger partial charge in [-0.25, -0.2) is 14.4 Å². The molecule has 11 aliphatic rings. The Morgan fingerprint density at radius 3 is 1.75 bits per heavy atom. The number of ether oxygens (including phenoxy) is 15. The van der Waals surface area contributed by atoms with Crippen LogP contribution in [-0.2, 0) is 71.1 Å². The number of carbonyl (C=O) groups excluding carboxylic acids is 3. The summed E-state index contributed by atoms with van der Waals surface area (Å²) >= 11 is 0. The number of allylic oxidation sites excluding steroid dienone is 1. The first-order chi connectivity index (χ1) is 42.6. The average molecular weight is 1230 g/mol. The Morgan fingerprint density at radius 2 is 1.10 bits per heavy atom. The van der Waals surface area contributed by atoms with Crippen LogP contribution in [0.5, 0.6) is 0 Å². The van der Waals surface area contributed by atoms with E-state index in [9.17, 15) is 14.4 Å². The lowest BCUT2D eigenvalue weighted by atomic mass is 9.47. The van der Waals surface area contributed by atoms with Gasteiger partial charge in [-0.1, -0.05) is 93.9 Å². The zero-order valence-electron chi connectivity index (χ0n) is 53.1. The number of carbonyl (C=O) groups is 3. The lowest BCUT2D eigenvalue weighted by Gasteiger charge is -2.58. The summed E-state index contributed by atoms with van der Waals surface area (Å²) in [5.74, 6) is -1.42. The minimum Gasteiger partial charge on any atom is -0.452 e. The fourth-order valence-electron chi connectivity index (χ4n) is 18.2. The highest BCUT2D eigenvalue weighted by atomic mass is 16.8. The van der Waals surface area contributed by atoms with Crippen LogP contribution in [0.15, 0.2) is 103 Å². The second kappa shape index (κ2) is 23.7. The minimum atomic E-state index is -1.52. The van der Waals surface area contributed by atoms with Gasteiger partial charge in [0.25, 0.3) is 0 Å². The van der Waals surface area contributed by atoms with E-state index < -0.39 is 121 Å². The van der Waals surface area contributed by atoms with E-state index in [1.165, 1.54) is 24.8 Å². The van der Waals surface area contributed by atoms with Gasteiger partial charge in [-0.15, -0.1) is 0 Å². The molecule has 25 atom stereocenters. The van der Waals surface area contributed by atoms with E-state index in [1.807, 2.05) is 20.8 Å². The zero-order valence-corrected chi connectivity index (χ0v) is 53.1. The van der Waals surface area contributed by atoms with Crippen molar-refractivity contribution in [3.8, 4) is 0 Å². The first-order valence-electron chi connectivity index (χ1n) is 33.0. The molecule has 1 spiro atoms. The van der Waals surface area contributed by atoms with Gasteiger partial charge in [0.1, 0.15) is 36.6 Å². The third kappa shape index (κ3) is 11.4. The fourth-order valence-corrected chi connectivity index (χ4v) is 18.2. The molecule has 3 aromatic carbocycles. The molecule has 10 fully saturated rings. The van der Waals surface area contributed by atoms with Crippen LogP contribution >= 0.6 is 0 Å². The normalized spacial score (nSPS) is 44.9. The maximum atomic E-state index is 14.3. The monoisotopic (exact) mass is 1230 g/mol. The van der Waals surface area contributed by atoms with Crippen molar-refractivity contribution in [1.29, 1.82) is 0 Å². The van der Waals surface area contributed by atoms with E-state index >= 15 is 0 Å². The van der Waals surface area contributed by atoms with Crippen LogP contribution in [0.4, 0.5) is 0 Å². The second-order valence-corrected chi connectivity index (χ2v) is 29.0. The molecule has 18 nitrogen and oxygen atoms in total. The summed E-state index contributed by atoms with van der Waals surface area (Å²) in [7, 11) is 0. The maximum Gasteiger partial charge on any atom is 0.338 e.